The van der Waals surface area contributed by atoms with Crippen LogP contribution in [0, 0.1) is 6.92 Å². The van der Waals surface area contributed by atoms with E-state index >= 15 is 0 Å². The van der Waals surface area contributed by atoms with E-state index in [1.165, 1.54) is 10.3 Å². The van der Waals surface area contributed by atoms with Gasteiger partial charge in [-0.2, -0.15) is 0 Å². The normalized spacial score (nSPS) is 14.8. The van der Waals surface area contributed by atoms with Gasteiger partial charge in [-0.3, -0.25) is 4.21 Å². The van der Waals surface area contributed by atoms with Gasteiger partial charge in [0.25, 0.3) is 0 Å². The number of rotatable bonds is 4. The van der Waals surface area contributed by atoms with Gasteiger partial charge in [0.2, 0.25) is 0 Å². The van der Waals surface area contributed by atoms with Crippen LogP contribution in [0.3, 0.4) is 0 Å². The zero-order chi connectivity index (χ0) is 12.4. The van der Waals surface area contributed by atoms with Gasteiger partial charge >= 0.3 is 0 Å². The lowest BCUT2D eigenvalue weighted by Crippen LogP contribution is -2.21. The number of fused-ring (bicyclic) bond motifs is 1. The lowest BCUT2D eigenvalue weighted by atomic mass is 10.2. The number of nitrogens with one attached hydrogen (secondary N) is 1. The van der Waals surface area contributed by atoms with Crippen molar-refractivity contribution in [2.24, 2.45) is 0 Å². The summed E-state index contributed by atoms with van der Waals surface area (Å²) in [6.07, 6.45) is 1.72. The van der Waals surface area contributed by atoms with Crippen LogP contribution in [0.4, 0.5) is 5.13 Å². The SMILES string of the molecule is Cc1ccc2sc(NC(C)CS(C)=O)nc2c1. The topological polar surface area (TPSA) is 42.0 Å². The molecule has 2 rings (SSSR count). The van der Waals surface area contributed by atoms with Gasteiger partial charge in [0.05, 0.1) is 10.2 Å². The summed E-state index contributed by atoms with van der Waals surface area (Å²) in [6.45, 7) is 4.09. The monoisotopic (exact) mass is 268 g/mol. The lowest BCUT2D eigenvalue weighted by molar-refractivity contribution is 0.683. The summed E-state index contributed by atoms with van der Waals surface area (Å²) in [5, 5.41) is 4.20. The quantitative estimate of drug-likeness (QED) is 0.927. The molecule has 1 N–H and O–H groups in total. The fourth-order valence-corrected chi connectivity index (χ4v) is 3.45. The molecule has 92 valence electrons. The summed E-state index contributed by atoms with van der Waals surface area (Å²) in [6, 6.07) is 6.45. The maximum Gasteiger partial charge on any atom is 0.184 e. The van der Waals surface area contributed by atoms with Crippen LogP contribution in [0.5, 0.6) is 0 Å². The molecule has 5 heteroatoms. The number of benzene rings is 1. The van der Waals surface area contributed by atoms with Crippen molar-refractivity contribution in [3.63, 3.8) is 0 Å². The molecule has 0 saturated carbocycles. The van der Waals surface area contributed by atoms with Gasteiger partial charge in [-0.25, -0.2) is 4.98 Å². The molecule has 0 radical (unpaired) electrons. The molecule has 0 aliphatic heterocycles. The maximum absolute atomic E-state index is 11.1. The highest BCUT2D eigenvalue weighted by molar-refractivity contribution is 7.84. The van der Waals surface area contributed by atoms with Crippen LogP contribution in [-0.2, 0) is 10.8 Å². The molecular weight excluding hydrogens is 252 g/mol. The second-order valence-electron chi connectivity index (χ2n) is 4.28. The number of thiazole rings is 1. The molecule has 2 aromatic rings. The minimum atomic E-state index is -0.776. The van der Waals surface area contributed by atoms with Crippen molar-refractivity contribution >= 4 is 37.5 Å². The number of nitrogens with zero attached hydrogens (tertiary/aromatic N) is 1. The maximum atomic E-state index is 11.1. The van der Waals surface area contributed by atoms with Crippen LogP contribution in [0.25, 0.3) is 10.2 Å². The van der Waals surface area contributed by atoms with E-state index in [1.54, 1.807) is 17.6 Å². The van der Waals surface area contributed by atoms with E-state index in [4.69, 9.17) is 0 Å². The highest BCUT2D eigenvalue weighted by atomic mass is 32.2. The molecule has 0 spiro atoms. The summed E-state index contributed by atoms with van der Waals surface area (Å²) >= 11 is 1.64. The Kier molecular flexibility index (Phi) is 3.79. The van der Waals surface area contributed by atoms with E-state index in [0.717, 1.165) is 10.6 Å². The average Bonchev–Trinajstić information content (AvgIpc) is 2.57. The summed E-state index contributed by atoms with van der Waals surface area (Å²) in [5.74, 6) is 0.648. The molecule has 2 unspecified atom stereocenters. The Hall–Kier alpha value is -0.940. The summed E-state index contributed by atoms with van der Waals surface area (Å²) in [7, 11) is -0.776. The first-order chi connectivity index (χ1) is 8.04. The first kappa shape index (κ1) is 12.5. The van der Waals surface area contributed by atoms with E-state index in [0.29, 0.717) is 5.75 Å². The highest BCUT2D eigenvalue weighted by Gasteiger charge is 2.08. The minimum Gasteiger partial charge on any atom is -0.358 e. The molecule has 1 heterocycles. The smallest absolute Gasteiger partial charge is 0.184 e. The van der Waals surface area contributed by atoms with Crippen LogP contribution >= 0.6 is 11.3 Å². The predicted octanol–water partition coefficient (Wildman–Crippen LogP) is 2.78. The molecule has 0 saturated heterocycles. The second-order valence-corrected chi connectivity index (χ2v) is 6.79. The molecule has 0 bridgehead atoms. The summed E-state index contributed by atoms with van der Waals surface area (Å²) < 4.78 is 12.3. The standard InChI is InChI=1S/C12H16N2OS2/c1-8-4-5-11-10(6-8)14-12(16-11)13-9(2)7-17(3)15/h4-6,9H,7H2,1-3H3,(H,13,14). The fraction of sp³-hybridized carbons (Fsp3) is 0.417. The number of aryl methyl sites for hydroxylation is 1. The van der Waals surface area contributed by atoms with Gasteiger partial charge < -0.3 is 5.32 Å². The first-order valence-electron chi connectivity index (χ1n) is 5.48. The van der Waals surface area contributed by atoms with Crippen LogP contribution < -0.4 is 5.32 Å². The molecule has 1 aromatic heterocycles. The third-order valence-corrected chi connectivity index (χ3v) is 4.33. The molecule has 0 amide bonds. The number of aromatic nitrogens is 1. The summed E-state index contributed by atoms with van der Waals surface area (Å²) in [4.78, 5) is 4.53. The van der Waals surface area contributed by atoms with Crippen LogP contribution in [-0.4, -0.2) is 27.2 Å². The first-order valence-corrected chi connectivity index (χ1v) is 8.03. The van der Waals surface area contributed by atoms with Crippen LogP contribution in [0.15, 0.2) is 18.2 Å². The number of anilines is 1. The number of hydrogen-bond acceptors (Lipinski definition) is 4. The molecule has 0 fully saturated rings. The zero-order valence-corrected chi connectivity index (χ0v) is 11.8. The molecule has 1 aromatic carbocycles. The molecule has 0 aliphatic rings. The van der Waals surface area contributed by atoms with Gasteiger partial charge in [-0.15, -0.1) is 0 Å². The third-order valence-electron chi connectivity index (χ3n) is 2.40. The van der Waals surface area contributed by atoms with Crippen LogP contribution in [0.1, 0.15) is 12.5 Å². The predicted molar refractivity (Wildman–Crippen MR) is 76.4 cm³/mol. The Labute approximate surface area is 108 Å². The van der Waals surface area contributed by atoms with Crippen molar-refractivity contribution in [2.75, 3.05) is 17.3 Å². The Morgan fingerprint density at radius 1 is 1.53 bits per heavy atom. The van der Waals surface area contributed by atoms with Gasteiger partial charge in [-0.1, -0.05) is 17.4 Å². The van der Waals surface area contributed by atoms with Crippen molar-refractivity contribution in [2.45, 2.75) is 19.9 Å². The van der Waals surface area contributed by atoms with Crippen molar-refractivity contribution in [3.8, 4) is 0 Å². The fourth-order valence-electron chi connectivity index (χ4n) is 1.70. The number of hydrogen-bond donors (Lipinski definition) is 1. The molecule has 17 heavy (non-hydrogen) atoms. The largest absolute Gasteiger partial charge is 0.358 e. The van der Waals surface area contributed by atoms with Gasteiger partial charge in [0.1, 0.15) is 0 Å². The summed E-state index contributed by atoms with van der Waals surface area (Å²) in [5.41, 5.74) is 2.25. The zero-order valence-electron chi connectivity index (χ0n) is 10.2. The van der Waals surface area contributed by atoms with Gasteiger partial charge in [0.15, 0.2) is 5.13 Å². The Morgan fingerprint density at radius 2 is 2.29 bits per heavy atom. The average molecular weight is 268 g/mol. The van der Waals surface area contributed by atoms with Crippen molar-refractivity contribution in [3.05, 3.63) is 23.8 Å². The van der Waals surface area contributed by atoms with Gasteiger partial charge in [-0.05, 0) is 31.5 Å². The molecule has 3 nitrogen and oxygen atoms in total. The minimum absolute atomic E-state index is 0.183. The highest BCUT2D eigenvalue weighted by Crippen LogP contribution is 2.26. The Morgan fingerprint density at radius 3 is 3.00 bits per heavy atom. The van der Waals surface area contributed by atoms with Crippen LogP contribution in [0.2, 0.25) is 0 Å². The van der Waals surface area contributed by atoms with Gasteiger partial charge in [0, 0.05) is 28.9 Å². The second kappa shape index (κ2) is 5.14. The van der Waals surface area contributed by atoms with Crippen molar-refractivity contribution in [1.82, 2.24) is 4.98 Å². The van der Waals surface area contributed by atoms with Crippen molar-refractivity contribution in [1.29, 1.82) is 0 Å². The lowest BCUT2D eigenvalue weighted by Gasteiger charge is -2.10. The van der Waals surface area contributed by atoms with E-state index in [1.807, 2.05) is 6.92 Å². The Bertz CT molecular complexity index is 550. The van der Waals surface area contributed by atoms with E-state index in [9.17, 15) is 4.21 Å². The van der Waals surface area contributed by atoms with E-state index in [-0.39, 0.29) is 6.04 Å². The van der Waals surface area contributed by atoms with E-state index in [2.05, 4.69) is 35.4 Å². The Balaban J connectivity index is 2.16. The molecular formula is C12H16N2OS2. The van der Waals surface area contributed by atoms with Crippen molar-refractivity contribution < 1.29 is 4.21 Å². The van der Waals surface area contributed by atoms with E-state index < -0.39 is 10.8 Å². The molecule has 0 aliphatic carbocycles. The molecule has 2 atom stereocenters. The third kappa shape index (κ3) is 3.26.